The first-order valence-corrected chi connectivity index (χ1v) is 9.23. The van der Waals surface area contributed by atoms with E-state index in [9.17, 15) is 19.5 Å². The van der Waals surface area contributed by atoms with Crippen molar-refractivity contribution in [3.63, 3.8) is 0 Å². The lowest BCUT2D eigenvalue weighted by Crippen LogP contribution is -2.16. The summed E-state index contributed by atoms with van der Waals surface area (Å²) >= 11 is 0. The Kier molecular flexibility index (Phi) is 5.93. The molecule has 3 N–H and O–H groups in total. The van der Waals surface area contributed by atoms with Crippen molar-refractivity contribution in [1.82, 2.24) is 0 Å². The molecule has 146 valence electrons. The zero-order valence-corrected chi connectivity index (χ0v) is 15.5. The molecule has 0 aliphatic heterocycles. The van der Waals surface area contributed by atoms with Gasteiger partial charge in [0.15, 0.2) is 5.75 Å². The van der Waals surface area contributed by atoms with Gasteiger partial charge in [0, 0.05) is 12.3 Å². The van der Waals surface area contributed by atoms with Crippen LogP contribution in [0.3, 0.4) is 0 Å². The van der Waals surface area contributed by atoms with E-state index in [0.717, 1.165) is 19.3 Å². The molecule has 0 atom stereocenters. The van der Waals surface area contributed by atoms with Gasteiger partial charge in [-0.05, 0) is 49.6 Å². The highest BCUT2D eigenvalue weighted by Gasteiger charge is 2.30. The second kappa shape index (κ2) is 8.56. The zero-order chi connectivity index (χ0) is 20.1. The Morgan fingerprint density at radius 1 is 1.07 bits per heavy atom. The number of carbonyl (C=O) groups is 3. The molecule has 7 nitrogen and oxygen atoms in total. The highest BCUT2D eigenvalue weighted by molar-refractivity contribution is 6.02. The molecule has 1 saturated carbocycles. The Bertz CT molecular complexity index is 905. The lowest BCUT2D eigenvalue weighted by molar-refractivity contribution is -0.117. The minimum Gasteiger partial charge on any atom is -0.478 e. The largest absolute Gasteiger partial charge is 0.478 e. The summed E-state index contributed by atoms with van der Waals surface area (Å²) in [6.07, 6.45) is 2.78. The van der Waals surface area contributed by atoms with Gasteiger partial charge in [-0.3, -0.25) is 9.59 Å². The number of amides is 2. The van der Waals surface area contributed by atoms with E-state index in [2.05, 4.69) is 10.6 Å². The minimum atomic E-state index is -1.17. The number of para-hydroxylation sites is 2. The predicted molar refractivity (Wildman–Crippen MR) is 105 cm³/mol. The maximum absolute atomic E-state index is 12.0. The molecule has 7 heteroatoms. The van der Waals surface area contributed by atoms with Crippen molar-refractivity contribution in [3.05, 3.63) is 48.0 Å². The van der Waals surface area contributed by atoms with Gasteiger partial charge in [-0.2, -0.15) is 0 Å². The molecule has 2 amide bonds. The van der Waals surface area contributed by atoms with E-state index >= 15 is 0 Å². The number of benzene rings is 2. The molecule has 3 rings (SSSR count). The second-order valence-electron chi connectivity index (χ2n) is 6.67. The fourth-order valence-electron chi connectivity index (χ4n) is 2.68. The monoisotopic (exact) mass is 382 g/mol. The quantitative estimate of drug-likeness (QED) is 0.632. The van der Waals surface area contributed by atoms with E-state index in [1.165, 1.54) is 12.1 Å². The first-order valence-electron chi connectivity index (χ1n) is 9.23. The van der Waals surface area contributed by atoms with Crippen molar-refractivity contribution < 1.29 is 24.2 Å². The molecule has 28 heavy (non-hydrogen) atoms. The van der Waals surface area contributed by atoms with Crippen molar-refractivity contribution in [2.24, 2.45) is 5.92 Å². The van der Waals surface area contributed by atoms with E-state index in [-0.39, 0.29) is 29.0 Å². The van der Waals surface area contributed by atoms with Gasteiger partial charge in [0.2, 0.25) is 11.8 Å². The van der Waals surface area contributed by atoms with Gasteiger partial charge < -0.3 is 20.5 Å². The first kappa shape index (κ1) is 19.4. The fraction of sp³-hybridized carbons (Fsp3) is 0.286. The van der Waals surface area contributed by atoms with Crippen LogP contribution in [-0.4, -0.2) is 22.9 Å². The van der Waals surface area contributed by atoms with Crippen molar-refractivity contribution in [2.45, 2.75) is 32.6 Å². The van der Waals surface area contributed by atoms with Gasteiger partial charge in [-0.15, -0.1) is 0 Å². The van der Waals surface area contributed by atoms with Crippen molar-refractivity contribution >= 4 is 29.2 Å². The topological polar surface area (TPSA) is 105 Å². The minimum absolute atomic E-state index is 0.0313. The highest BCUT2D eigenvalue weighted by Crippen LogP contribution is 2.33. The lowest BCUT2D eigenvalue weighted by Gasteiger charge is -2.14. The van der Waals surface area contributed by atoms with Crippen LogP contribution < -0.4 is 15.4 Å². The number of anilines is 2. The molecule has 1 aliphatic carbocycles. The average Bonchev–Trinajstić information content (AvgIpc) is 3.50. The number of ether oxygens (including phenoxy) is 1. The fourth-order valence-corrected chi connectivity index (χ4v) is 2.68. The molecule has 2 aromatic carbocycles. The normalized spacial score (nSPS) is 12.9. The van der Waals surface area contributed by atoms with E-state index in [4.69, 9.17) is 4.74 Å². The van der Waals surface area contributed by atoms with Crippen molar-refractivity contribution in [3.8, 4) is 11.5 Å². The lowest BCUT2D eigenvalue weighted by atomic mass is 10.1. The number of carboxylic acids is 1. The van der Waals surface area contributed by atoms with Gasteiger partial charge in [0.25, 0.3) is 0 Å². The number of nitrogens with one attached hydrogen (secondary N) is 2. The number of hydrogen-bond acceptors (Lipinski definition) is 4. The third-order valence-electron chi connectivity index (χ3n) is 4.29. The number of rotatable bonds is 8. The van der Waals surface area contributed by atoms with Crippen LogP contribution in [0.2, 0.25) is 0 Å². The molecule has 0 heterocycles. The van der Waals surface area contributed by atoms with E-state index < -0.39 is 5.97 Å². The maximum Gasteiger partial charge on any atom is 0.337 e. The van der Waals surface area contributed by atoms with Crippen LogP contribution in [0.25, 0.3) is 0 Å². The molecule has 0 spiro atoms. The van der Waals surface area contributed by atoms with Crippen molar-refractivity contribution in [1.29, 1.82) is 0 Å². The summed E-state index contributed by atoms with van der Waals surface area (Å²) in [5.41, 5.74) is 0.684. The van der Waals surface area contributed by atoms with Crippen LogP contribution in [0, 0.1) is 5.92 Å². The summed E-state index contributed by atoms with van der Waals surface area (Å²) in [4.78, 5) is 35.4. The number of carboxylic acid groups (broad SMARTS) is 1. The summed E-state index contributed by atoms with van der Waals surface area (Å²) in [5.74, 6) is -0.794. The molecular formula is C21H22N2O5. The van der Waals surface area contributed by atoms with Gasteiger partial charge in [-0.1, -0.05) is 19.1 Å². The number of aromatic carboxylic acids is 1. The number of carbonyl (C=O) groups excluding carboxylic acids is 2. The van der Waals surface area contributed by atoms with Gasteiger partial charge in [-0.25, -0.2) is 4.79 Å². The van der Waals surface area contributed by atoms with E-state index in [0.29, 0.717) is 23.6 Å². The van der Waals surface area contributed by atoms with Crippen LogP contribution in [0.15, 0.2) is 42.5 Å². The molecule has 2 aromatic rings. The summed E-state index contributed by atoms with van der Waals surface area (Å²) in [5, 5.41) is 14.9. The second-order valence-corrected chi connectivity index (χ2v) is 6.67. The standard InChI is InChI=1S/C21H22N2O5/c1-2-5-19(24)22-17-6-3-4-7-18(17)28-14-10-11-16(15(12-14)21(26)27)23-20(25)13-8-9-13/h3-4,6-7,10-13H,2,5,8-9H2,1H3,(H,22,24)(H,23,25)(H,26,27). The molecule has 0 aromatic heterocycles. The average molecular weight is 382 g/mol. The Hall–Kier alpha value is -3.35. The summed E-state index contributed by atoms with van der Waals surface area (Å²) in [6, 6.07) is 11.4. The third-order valence-corrected chi connectivity index (χ3v) is 4.29. The maximum atomic E-state index is 12.0. The first-order chi connectivity index (χ1) is 13.5. The summed E-state index contributed by atoms with van der Waals surface area (Å²) in [6.45, 7) is 1.92. The Balaban J connectivity index is 1.81. The molecule has 0 bridgehead atoms. The molecule has 1 aliphatic rings. The van der Waals surface area contributed by atoms with Crippen LogP contribution in [0.5, 0.6) is 11.5 Å². The highest BCUT2D eigenvalue weighted by atomic mass is 16.5. The molecule has 1 fully saturated rings. The van der Waals surface area contributed by atoms with Crippen LogP contribution >= 0.6 is 0 Å². The van der Waals surface area contributed by atoms with Crippen LogP contribution in [-0.2, 0) is 9.59 Å². The molecule has 0 saturated heterocycles. The Labute approximate surface area is 162 Å². The van der Waals surface area contributed by atoms with Gasteiger partial charge in [0.1, 0.15) is 5.75 Å². The zero-order valence-electron chi connectivity index (χ0n) is 15.5. The summed E-state index contributed by atoms with van der Waals surface area (Å²) in [7, 11) is 0. The SMILES string of the molecule is CCCC(=O)Nc1ccccc1Oc1ccc(NC(=O)C2CC2)c(C(=O)O)c1. The third kappa shape index (κ3) is 4.88. The molecule has 0 unspecified atom stereocenters. The summed E-state index contributed by atoms with van der Waals surface area (Å²) < 4.78 is 5.81. The van der Waals surface area contributed by atoms with Crippen LogP contribution in [0.4, 0.5) is 11.4 Å². The molecule has 0 radical (unpaired) electrons. The predicted octanol–water partition coefficient (Wildman–Crippen LogP) is 4.26. The Morgan fingerprint density at radius 2 is 1.82 bits per heavy atom. The molecular weight excluding hydrogens is 360 g/mol. The number of hydrogen-bond donors (Lipinski definition) is 3. The van der Waals surface area contributed by atoms with Gasteiger partial charge in [0.05, 0.1) is 16.9 Å². The van der Waals surface area contributed by atoms with Crippen molar-refractivity contribution in [2.75, 3.05) is 10.6 Å². The van der Waals surface area contributed by atoms with Gasteiger partial charge >= 0.3 is 5.97 Å². The Morgan fingerprint density at radius 3 is 2.50 bits per heavy atom. The van der Waals surface area contributed by atoms with E-state index in [1.807, 2.05) is 6.92 Å². The smallest absolute Gasteiger partial charge is 0.337 e. The van der Waals surface area contributed by atoms with E-state index in [1.54, 1.807) is 30.3 Å². The van der Waals surface area contributed by atoms with Crippen LogP contribution in [0.1, 0.15) is 43.0 Å².